The third kappa shape index (κ3) is 3.16. The number of carbonyl (C=O) groups is 1. The Morgan fingerprint density at radius 1 is 1.18 bits per heavy atom. The summed E-state index contributed by atoms with van der Waals surface area (Å²) in [4.78, 5) is 11.7. The maximum Gasteiger partial charge on any atom is 0.311 e. The maximum atomic E-state index is 11.7. The maximum absolute atomic E-state index is 11.7. The summed E-state index contributed by atoms with van der Waals surface area (Å²) in [6.07, 6.45) is -5.98. The van der Waals surface area contributed by atoms with Crippen molar-refractivity contribution in [3.63, 3.8) is 0 Å². The summed E-state index contributed by atoms with van der Waals surface area (Å²) in [7, 11) is 0. The monoisotopic (exact) mass is 248 g/mol. The van der Waals surface area contributed by atoms with Gasteiger partial charge in [0.1, 0.15) is 12.2 Å². The lowest BCUT2D eigenvalue weighted by Gasteiger charge is -2.39. The first kappa shape index (κ1) is 14.4. The van der Waals surface area contributed by atoms with Crippen LogP contribution in [0.2, 0.25) is 0 Å². The summed E-state index contributed by atoms with van der Waals surface area (Å²) in [6.45, 7) is 6.51. The zero-order valence-corrected chi connectivity index (χ0v) is 10.5. The van der Waals surface area contributed by atoms with Gasteiger partial charge in [-0.1, -0.05) is 0 Å². The summed E-state index contributed by atoms with van der Waals surface area (Å²) >= 11 is 0. The molecular formula is C11H20O6. The molecule has 5 atom stereocenters. The molecule has 1 heterocycles. The van der Waals surface area contributed by atoms with E-state index in [0.29, 0.717) is 0 Å². The van der Waals surface area contributed by atoms with Gasteiger partial charge in [-0.25, -0.2) is 0 Å². The number of rotatable bonds is 1. The van der Waals surface area contributed by atoms with Gasteiger partial charge < -0.3 is 24.8 Å². The van der Waals surface area contributed by atoms with Crippen LogP contribution in [0.15, 0.2) is 0 Å². The highest BCUT2D eigenvalue weighted by atomic mass is 16.6. The Bertz CT molecular complexity index is 270. The number of aliphatic hydroxyl groups is 3. The fourth-order valence-electron chi connectivity index (χ4n) is 1.45. The zero-order valence-electron chi connectivity index (χ0n) is 10.5. The molecule has 1 aliphatic rings. The van der Waals surface area contributed by atoms with Crippen LogP contribution in [0.5, 0.6) is 0 Å². The number of carbonyl (C=O) groups excluding carboxylic acids is 1. The molecule has 0 bridgehead atoms. The van der Waals surface area contributed by atoms with Gasteiger partial charge in [0, 0.05) is 0 Å². The van der Waals surface area contributed by atoms with Crippen LogP contribution in [0.3, 0.4) is 0 Å². The standard InChI is InChI=1S/C11H20O6/c1-5-6(12)8(7(13)9(14)16-5)17-10(15)11(2,3)4/h5-9,12-14H,1-4H3/t5-,6+,7-,8+,9+/m0/s1. The van der Waals surface area contributed by atoms with Crippen LogP contribution in [0.4, 0.5) is 0 Å². The quantitative estimate of drug-likeness (QED) is 0.536. The molecule has 1 rings (SSSR count). The van der Waals surface area contributed by atoms with E-state index in [0.717, 1.165) is 0 Å². The molecule has 1 saturated heterocycles. The van der Waals surface area contributed by atoms with Crippen molar-refractivity contribution in [1.29, 1.82) is 0 Å². The highest BCUT2D eigenvalue weighted by Gasteiger charge is 2.45. The lowest BCUT2D eigenvalue weighted by molar-refractivity contribution is -0.283. The molecule has 0 spiro atoms. The molecule has 6 nitrogen and oxygen atoms in total. The van der Waals surface area contributed by atoms with Crippen LogP contribution in [-0.2, 0) is 14.3 Å². The fourth-order valence-corrected chi connectivity index (χ4v) is 1.45. The molecular weight excluding hydrogens is 228 g/mol. The molecule has 0 unspecified atom stereocenters. The van der Waals surface area contributed by atoms with Crippen molar-refractivity contribution in [2.45, 2.75) is 58.4 Å². The fraction of sp³-hybridized carbons (Fsp3) is 0.909. The molecule has 1 aliphatic heterocycles. The van der Waals surface area contributed by atoms with Gasteiger partial charge in [0.15, 0.2) is 12.4 Å². The number of esters is 1. The normalized spacial score (nSPS) is 38.9. The second-order valence-corrected chi connectivity index (χ2v) is 5.33. The van der Waals surface area contributed by atoms with Gasteiger partial charge in [0.05, 0.1) is 11.5 Å². The average molecular weight is 248 g/mol. The Morgan fingerprint density at radius 3 is 2.18 bits per heavy atom. The molecule has 0 saturated carbocycles. The molecule has 6 heteroatoms. The van der Waals surface area contributed by atoms with E-state index in [4.69, 9.17) is 9.47 Å². The topological polar surface area (TPSA) is 96.2 Å². The lowest BCUT2D eigenvalue weighted by atomic mass is 9.95. The van der Waals surface area contributed by atoms with Crippen LogP contribution < -0.4 is 0 Å². The Kier molecular flexibility index (Phi) is 4.14. The second kappa shape index (κ2) is 4.89. The van der Waals surface area contributed by atoms with Crippen molar-refractivity contribution in [3.8, 4) is 0 Å². The van der Waals surface area contributed by atoms with E-state index in [-0.39, 0.29) is 0 Å². The minimum Gasteiger partial charge on any atom is -0.456 e. The predicted molar refractivity (Wildman–Crippen MR) is 57.9 cm³/mol. The van der Waals surface area contributed by atoms with Gasteiger partial charge >= 0.3 is 5.97 Å². The minimum atomic E-state index is -1.47. The van der Waals surface area contributed by atoms with Crippen LogP contribution in [0, 0.1) is 5.41 Å². The Morgan fingerprint density at radius 2 is 1.71 bits per heavy atom. The van der Waals surface area contributed by atoms with E-state index in [2.05, 4.69) is 0 Å². The van der Waals surface area contributed by atoms with E-state index < -0.39 is 42.1 Å². The third-order valence-corrected chi connectivity index (χ3v) is 2.66. The smallest absolute Gasteiger partial charge is 0.311 e. The molecule has 0 amide bonds. The second-order valence-electron chi connectivity index (χ2n) is 5.33. The summed E-state index contributed by atoms with van der Waals surface area (Å²) in [6, 6.07) is 0. The first-order chi connectivity index (χ1) is 7.64. The molecule has 0 aromatic rings. The van der Waals surface area contributed by atoms with E-state index in [1.54, 1.807) is 20.8 Å². The highest BCUT2D eigenvalue weighted by Crippen LogP contribution is 2.25. The molecule has 0 aromatic heterocycles. The van der Waals surface area contributed by atoms with Crippen LogP contribution >= 0.6 is 0 Å². The van der Waals surface area contributed by atoms with Crippen molar-refractivity contribution in [1.82, 2.24) is 0 Å². The zero-order chi connectivity index (χ0) is 13.4. The number of aliphatic hydroxyl groups excluding tert-OH is 3. The summed E-state index contributed by atoms with van der Waals surface area (Å²) in [5, 5.41) is 28.8. The predicted octanol–water partition coefficient (Wildman–Crippen LogP) is -0.597. The van der Waals surface area contributed by atoms with E-state index in [1.807, 2.05) is 0 Å². The Balaban J connectivity index is 2.76. The van der Waals surface area contributed by atoms with Crippen molar-refractivity contribution in [3.05, 3.63) is 0 Å². The number of hydrogen-bond acceptors (Lipinski definition) is 6. The number of ether oxygens (including phenoxy) is 2. The third-order valence-electron chi connectivity index (χ3n) is 2.66. The van der Waals surface area contributed by atoms with Gasteiger partial charge in [0.2, 0.25) is 0 Å². The SMILES string of the molecule is C[C@@H]1O[C@@H](O)[C@@H](O)[C@H](OC(=O)C(C)(C)C)[C@@H]1O. The van der Waals surface area contributed by atoms with Gasteiger partial charge in [-0.05, 0) is 27.7 Å². The molecule has 1 fully saturated rings. The van der Waals surface area contributed by atoms with E-state index in [1.165, 1.54) is 6.92 Å². The largest absolute Gasteiger partial charge is 0.456 e. The van der Waals surface area contributed by atoms with Crippen molar-refractivity contribution in [2.24, 2.45) is 5.41 Å². The van der Waals surface area contributed by atoms with Crippen molar-refractivity contribution in [2.75, 3.05) is 0 Å². The van der Waals surface area contributed by atoms with E-state index in [9.17, 15) is 20.1 Å². The molecule has 0 aliphatic carbocycles. The molecule has 100 valence electrons. The molecule has 0 radical (unpaired) electrons. The van der Waals surface area contributed by atoms with Gasteiger partial charge in [-0.2, -0.15) is 0 Å². The first-order valence-corrected chi connectivity index (χ1v) is 5.55. The van der Waals surface area contributed by atoms with Gasteiger partial charge in [-0.3, -0.25) is 4.79 Å². The van der Waals surface area contributed by atoms with Crippen molar-refractivity contribution < 1.29 is 29.6 Å². The molecule has 0 aromatic carbocycles. The average Bonchev–Trinajstić information content (AvgIpc) is 2.20. The Hall–Kier alpha value is -0.690. The highest BCUT2D eigenvalue weighted by molar-refractivity contribution is 5.75. The summed E-state index contributed by atoms with van der Waals surface area (Å²) in [5.41, 5.74) is -0.744. The first-order valence-electron chi connectivity index (χ1n) is 5.55. The minimum absolute atomic E-state index is 0.554. The van der Waals surface area contributed by atoms with Crippen LogP contribution in [0.1, 0.15) is 27.7 Å². The van der Waals surface area contributed by atoms with Gasteiger partial charge in [-0.15, -0.1) is 0 Å². The van der Waals surface area contributed by atoms with Crippen LogP contribution in [-0.4, -0.2) is 52.0 Å². The number of hydrogen-bond donors (Lipinski definition) is 3. The van der Waals surface area contributed by atoms with Crippen molar-refractivity contribution >= 4 is 5.97 Å². The molecule has 3 N–H and O–H groups in total. The summed E-state index contributed by atoms with van der Waals surface area (Å²) in [5.74, 6) is -0.554. The summed E-state index contributed by atoms with van der Waals surface area (Å²) < 4.78 is 9.91. The Labute approximate surface area is 100 Å². The molecule has 17 heavy (non-hydrogen) atoms. The van der Waals surface area contributed by atoms with Crippen LogP contribution in [0.25, 0.3) is 0 Å². The van der Waals surface area contributed by atoms with Gasteiger partial charge in [0.25, 0.3) is 0 Å². The lowest BCUT2D eigenvalue weighted by Crippen LogP contribution is -2.58. The van der Waals surface area contributed by atoms with E-state index >= 15 is 0 Å².